The van der Waals surface area contributed by atoms with Crippen LogP contribution in [0.25, 0.3) is 21.8 Å². The molecule has 2 aromatic heterocycles. The number of benzene rings is 2. The van der Waals surface area contributed by atoms with Crippen molar-refractivity contribution in [3.05, 3.63) is 71.5 Å². The van der Waals surface area contributed by atoms with Crippen LogP contribution in [-0.2, 0) is 0 Å². The Labute approximate surface area is 129 Å². The van der Waals surface area contributed by atoms with Gasteiger partial charge in [-0.05, 0) is 40.2 Å². The average molecular weight is 339 g/mol. The minimum Gasteiger partial charge on any atom is -0.269 e. The maximum atomic E-state index is 12.9. The van der Waals surface area contributed by atoms with E-state index in [0.29, 0.717) is 0 Å². The lowest BCUT2D eigenvalue weighted by atomic mass is 10.2. The van der Waals surface area contributed by atoms with Gasteiger partial charge in [-0.3, -0.25) is 9.13 Å². The number of para-hydroxylation sites is 2. The zero-order chi connectivity index (χ0) is 14.4. The van der Waals surface area contributed by atoms with Crippen LogP contribution in [0.15, 0.2) is 71.5 Å². The Hall–Kier alpha value is -2.33. The van der Waals surface area contributed by atoms with E-state index in [2.05, 4.69) is 15.9 Å². The molecule has 0 aliphatic heterocycles. The molecule has 4 rings (SSSR count). The Morgan fingerprint density at radius 2 is 1.52 bits per heavy atom. The van der Waals surface area contributed by atoms with Gasteiger partial charge in [0.2, 0.25) is 0 Å². The molecule has 102 valence electrons. The van der Waals surface area contributed by atoms with E-state index in [1.54, 1.807) is 9.13 Å². The molecule has 21 heavy (non-hydrogen) atoms. The first kappa shape index (κ1) is 12.4. The lowest BCUT2D eigenvalue weighted by Gasteiger charge is -2.08. The Morgan fingerprint density at radius 3 is 2.33 bits per heavy atom. The van der Waals surface area contributed by atoms with E-state index in [9.17, 15) is 4.79 Å². The highest BCUT2D eigenvalue weighted by molar-refractivity contribution is 9.10. The lowest BCUT2D eigenvalue weighted by molar-refractivity contribution is 0.245. The summed E-state index contributed by atoms with van der Waals surface area (Å²) in [5, 5.41) is 2.09. The number of rotatable bonds is 0. The van der Waals surface area contributed by atoms with Gasteiger partial charge in [0.1, 0.15) is 0 Å². The van der Waals surface area contributed by atoms with E-state index in [1.165, 1.54) is 0 Å². The van der Waals surface area contributed by atoms with Crippen LogP contribution in [-0.4, -0.2) is 15.2 Å². The first-order chi connectivity index (χ1) is 10.3. The van der Waals surface area contributed by atoms with Crippen molar-refractivity contribution in [1.82, 2.24) is 9.13 Å². The molecule has 0 fully saturated rings. The second-order valence-electron chi connectivity index (χ2n) is 4.89. The van der Waals surface area contributed by atoms with Crippen molar-refractivity contribution in [3.8, 4) is 0 Å². The molecule has 0 aliphatic carbocycles. The van der Waals surface area contributed by atoms with E-state index < -0.39 is 0 Å². The van der Waals surface area contributed by atoms with Crippen LogP contribution in [0.5, 0.6) is 0 Å². The molecule has 0 amide bonds. The van der Waals surface area contributed by atoms with Crippen molar-refractivity contribution in [2.24, 2.45) is 0 Å². The molecular formula is C17H11BrN2O. The predicted molar refractivity (Wildman–Crippen MR) is 87.8 cm³/mol. The fourth-order valence-corrected chi connectivity index (χ4v) is 3.26. The smallest absolute Gasteiger partial charge is 0.269 e. The summed E-state index contributed by atoms with van der Waals surface area (Å²) in [6.07, 6.45) is 1.81. The van der Waals surface area contributed by atoms with Crippen molar-refractivity contribution in [2.45, 2.75) is 0 Å². The highest BCUT2D eigenvalue weighted by Crippen LogP contribution is 2.25. The lowest BCUT2D eigenvalue weighted by Crippen LogP contribution is -2.18. The van der Waals surface area contributed by atoms with Gasteiger partial charge in [0.25, 0.3) is 0 Å². The van der Waals surface area contributed by atoms with Crippen LogP contribution in [0, 0.1) is 0 Å². The Kier molecular flexibility index (Phi) is 2.72. The van der Waals surface area contributed by atoms with E-state index in [1.807, 2.05) is 66.9 Å². The molecule has 0 saturated heterocycles. The van der Waals surface area contributed by atoms with E-state index in [0.717, 1.165) is 26.4 Å². The van der Waals surface area contributed by atoms with Crippen LogP contribution < -0.4 is 0 Å². The number of fused-ring (bicyclic) bond motifs is 2. The average Bonchev–Trinajstić information content (AvgIpc) is 3.06. The molecule has 0 radical (unpaired) electrons. The van der Waals surface area contributed by atoms with Crippen LogP contribution >= 0.6 is 15.9 Å². The summed E-state index contributed by atoms with van der Waals surface area (Å²) < 4.78 is 4.11. The molecule has 4 heteroatoms. The van der Waals surface area contributed by atoms with Crippen LogP contribution in [0.2, 0.25) is 0 Å². The third-order valence-electron chi connectivity index (χ3n) is 3.66. The molecule has 3 nitrogen and oxygen atoms in total. The van der Waals surface area contributed by atoms with Gasteiger partial charge in [-0.15, -0.1) is 0 Å². The van der Waals surface area contributed by atoms with Gasteiger partial charge >= 0.3 is 6.03 Å². The topological polar surface area (TPSA) is 26.9 Å². The minimum absolute atomic E-state index is 0.0933. The number of nitrogens with zero attached hydrogens (tertiary/aromatic N) is 2. The number of hydrogen-bond donors (Lipinski definition) is 0. The van der Waals surface area contributed by atoms with Crippen molar-refractivity contribution in [3.63, 3.8) is 0 Å². The van der Waals surface area contributed by atoms with Gasteiger partial charge in [0.05, 0.1) is 15.6 Å². The summed E-state index contributed by atoms with van der Waals surface area (Å²) in [5.41, 5.74) is 1.80. The van der Waals surface area contributed by atoms with E-state index >= 15 is 0 Å². The third-order valence-corrected chi connectivity index (χ3v) is 4.25. The van der Waals surface area contributed by atoms with Gasteiger partial charge < -0.3 is 0 Å². The largest absolute Gasteiger partial charge is 0.338 e. The summed E-state index contributed by atoms with van der Waals surface area (Å²) in [6, 6.07) is 19.5. The van der Waals surface area contributed by atoms with Gasteiger partial charge in [0.15, 0.2) is 0 Å². The Bertz CT molecular complexity index is 981. The van der Waals surface area contributed by atoms with Crippen LogP contribution in [0.4, 0.5) is 4.79 Å². The van der Waals surface area contributed by atoms with E-state index in [-0.39, 0.29) is 6.03 Å². The maximum absolute atomic E-state index is 12.9. The summed E-state index contributed by atoms with van der Waals surface area (Å²) in [4.78, 5) is 12.9. The minimum atomic E-state index is -0.0933. The monoisotopic (exact) mass is 338 g/mol. The molecule has 0 saturated carbocycles. The third kappa shape index (κ3) is 1.83. The normalized spacial score (nSPS) is 11.3. The van der Waals surface area contributed by atoms with Gasteiger partial charge in [-0.1, -0.05) is 36.4 Å². The maximum Gasteiger partial charge on any atom is 0.338 e. The highest BCUT2D eigenvalue weighted by Gasteiger charge is 2.16. The number of halogens is 1. The van der Waals surface area contributed by atoms with Crippen molar-refractivity contribution >= 4 is 43.8 Å². The molecule has 2 heterocycles. The fraction of sp³-hybridized carbons (Fsp3) is 0. The summed E-state index contributed by atoms with van der Waals surface area (Å²) in [7, 11) is 0. The standard InChI is InChI=1S/C17H11BrN2O/c18-16-11-13-6-2-4-8-15(13)20(16)17(21)19-10-9-12-5-1-3-7-14(12)19/h1-11H. The van der Waals surface area contributed by atoms with Crippen molar-refractivity contribution < 1.29 is 4.79 Å². The second kappa shape index (κ2) is 4.60. The zero-order valence-electron chi connectivity index (χ0n) is 11.0. The number of aromatic nitrogens is 2. The molecule has 0 N–H and O–H groups in total. The molecule has 2 aromatic carbocycles. The number of carbonyl (C=O) groups is 1. The fourth-order valence-electron chi connectivity index (χ4n) is 2.67. The number of hydrogen-bond acceptors (Lipinski definition) is 1. The second-order valence-corrected chi connectivity index (χ2v) is 5.70. The number of carbonyl (C=O) groups excluding carboxylic acids is 1. The molecule has 4 aromatic rings. The Morgan fingerprint density at radius 1 is 0.857 bits per heavy atom. The van der Waals surface area contributed by atoms with Crippen molar-refractivity contribution in [2.75, 3.05) is 0 Å². The summed E-state index contributed by atoms with van der Waals surface area (Å²) >= 11 is 3.49. The van der Waals surface area contributed by atoms with Crippen LogP contribution in [0.1, 0.15) is 0 Å². The predicted octanol–water partition coefficient (Wildman–Crippen LogP) is 4.87. The molecule has 0 bridgehead atoms. The molecular weight excluding hydrogens is 328 g/mol. The first-order valence-electron chi connectivity index (χ1n) is 6.62. The first-order valence-corrected chi connectivity index (χ1v) is 7.42. The van der Waals surface area contributed by atoms with Gasteiger partial charge in [0, 0.05) is 17.0 Å². The molecule has 0 atom stereocenters. The van der Waals surface area contributed by atoms with E-state index in [4.69, 9.17) is 0 Å². The SMILES string of the molecule is O=C(n1ccc2ccccc21)n1c(Br)cc2ccccc21. The zero-order valence-corrected chi connectivity index (χ0v) is 12.6. The van der Waals surface area contributed by atoms with Crippen molar-refractivity contribution in [1.29, 1.82) is 0 Å². The molecule has 0 spiro atoms. The summed E-state index contributed by atoms with van der Waals surface area (Å²) in [5.74, 6) is 0. The molecule has 0 unspecified atom stereocenters. The Balaban J connectivity index is 1.96. The van der Waals surface area contributed by atoms with Gasteiger partial charge in [-0.2, -0.15) is 0 Å². The summed E-state index contributed by atoms with van der Waals surface area (Å²) in [6.45, 7) is 0. The highest BCUT2D eigenvalue weighted by atomic mass is 79.9. The van der Waals surface area contributed by atoms with Gasteiger partial charge in [-0.25, -0.2) is 4.79 Å². The van der Waals surface area contributed by atoms with Crippen LogP contribution in [0.3, 0.4) is 0 Å². The quantitative estimate of drug-likeness (QED) is 0.449. The molecule has 0 aliphatic rings.